The number of hydrogen-bond acceptors (Lipinski definition) is 3. The van der Waals surface area contributed by atoms with E-state index in [1.807, 2.05) is 4.74 Å². The van der Waals surface area contributed by atoms with Crippen molar-refractivity contribution < 1.29 is 88.9 Å². The van der Waals surface area contributed by atoms with E-state index in [1.165, 1.54) is 4.74 Å². The third-order valence-electron chi connectivity index (χ3n) is 3.06. The lowest BCUT2D eigenvalue weighted by Gasteiger charge is -2.40. The van der Waals surface area contributed by atoms with E-state index in [9.17, 15) is 79.4 Å². The molecule has 0 heterocycles. The van der Waals surface area contributed by atoms with Crippen molar-refractivity contribution >= 4 is 5.91 Å². The van der Waals surface area contributed by atoms with Crippen LogP contribution in [0.5, 0.6) is 0 Å². The van der Waals surface area contributed by atoms with Crippen molar-refractivity contribution in [1.82, 2.24) is 5.32 Å². The summed E-state index contributed by atoms with van der Waals surface area (Å²) in [5, 5.41) is 0.713. The zero-order valence-corrected chi connectivity index (χ0v) is 14.6. The summed E-state index contributed by atoms with van der Waals surface area (Å²) in [5.74, 6) is -26.1. The van der Waals surface area contributed by atoms with E-state index in [2.05, 4.69) is 6.58 Å². The largest absolute Gasteiger partial charge is 0.462 e. The Morgan fingerprint density at radius 1 is 0.667 bits per heavy atom. The number of hydrogen-bond donors (Lipinski definition) is 1. The highest BCUT2D eigenvalue weighted by atomic mass is 19.4. The molecular formula is C12H6F17NO3. The second kappa shape index (κ2) is 8.62. The fourth-order valence-electron chi connectivity index (χ4n) is 1.44. The van der Waals surface area contributed by atoms with Crippen molar-refractivity contribution in [2.24, 2.45) is 0 Å². The van der Waals surface area contributed by atoms with Crippen LogP contribution in [0.3, 0.4) is 0 Å². The Labute approximate surface area is 169 Å². The molecule has 0 radical (unpaired) electrons. The normalized spacial score (nSPS) is 18.3. The van der Waals surface area contributed by atoms with Gasteiger partial charge in [-0.1, -0.05) is 6.08 Å². The maximum Gasteiger partial charge on any atom is 0.462 e. The van der Waals surface area contributed by atoms with E-state index < -0.39 is 60.8 Å². The number of rotatable bonds is 9. The van der Waals surface area contributed by atoms with Crippen molar-refractivity contribution in [3.63, 3.8) is 0 Å². The van der Waals surface area contributed by atoms with E-state index in [0.717, 1.165) is 0 Å². The predicted octanol–water partition coefficient (Wildman–Crippen LogP) is 5.16. The summed E-state index contributed by atoms with van der Waals surface area (Å²) in [4.78, 5) is 11.1. The molecule has 0 aromatic carbocycles. The molecule has 2 unspecified atom stereocenters. The van der Waals surface area contributed by atoms with Crippen LogP contribution >= 0.6 is 0 Å². The second-order valence-corrected chi connectivity index (χ2v) is 5.49. The van der Waals surface area contributed by atoms with Crippen LogP contribution < -0.4 is 5.32 Å². The highest BCUT2D eigenvalue weighted by molar-refractivity contribution is 5.84. The topological polar surface area (TPSA) is 47.6 Å². The number of nitrogens with one attached hydrogen (secondary N) is 1. The average molecular weight is 535 g/mol. The second-order valence-electron chi connectivity index (χ2n) is 5.49. The summed E-state index contributed by atoms with van der Waals surface area (Å²) >= 11 is 0. The van der Waals surface area contributed by atoms with Gasteiger partial charge in [-0.15, -0.1) is 6.58 Å². The standard InChI is InChI=1S/C12H6F17NO3/c1-2-3-30-4(31)5(13,8(17,18)19)32-12(28,29)7(16,10(23,24)25)33-11(26,27)6(14,15)9(20,21)22/h2H,1,3H2,(H,30,31). The molecule has 0 saturated heterocycles. The molecule has 4 nitrogen and oxygen atoms in total. The van der Waals surface area contributed by atoms with E-state index in [0.29, 0.717) is 11.4 Å². The van der Waals surface area contributed by atoms with Gasteiger partial charge in [-0.3, -0.25) is 14.3 Å². The molecule has 0 saturated carbocycles. The number of carbonyl (C=O) groups excluding carboxylic acids is 1. The van der Waals surface area contributed by atoms with E-state index in [1.54, 1.807) is 0 Å². The molecule has 1 amide bonds. The first-order valence-corrected chi connectivity index (χ1v) is 7.15. The molecule has 0 aromatic heterocycles. The molecule has 196 valence electrons. The molecule has 0 bridgehead atoms. The number of halogens is 17. The lowest BCUT2D eigenvalue weighted by atomic mass is 10.2. The van der Waals surface area contributed by atoms with Gasteiger partial charge in [0.05, 0.1) is 0 Å². The Balaban J connectivity index is 6.70. The summed E-state index contributed by atoms with van der Waals surface area (Å²) in [6, 6.07) is 0. The van der Waals surface area contributed by atoms with E-state index in [-0.39, 0.29) is 0 Å². The van der Waals surface area contributed by atoms with Gasteiger partial charge in [-0.2, -0.15) is 74.6 Å². The first kappa shape index (κ1) is 30.9. The lowest BCUT2D eigenvalue weighted by molar-refractivity contribution is -0.548. The van der Waals surface area contributed by atoms with Crippen LogP contribution in [0.1, 0.15) is 0 Å². The molecule has 0 rings (SSSR count). The van der Waals surface area contributed by atoms with Crippen LogP contribution in [-0.4, -0.2) is 60.8 Å². The number of carbonyl (C=O) groups is 1. The minimum atomic E-state index is -8.03. The molecule has 0 aliphatic heterocycles. The molecule has 0 aliphatic rings. The summed E-state index contributed by atoms with van der Waals surface area (Å²) < 4.78 is 221. The van der Waals surface area contributed by atoms with Gasteiger partial charge in [0.25, 0.3) is 5.91 Å². The van der Waals surface area contributed by atoms with Gasteiger partial charge in [0, 0.05) is 6.54 Å². The van der Waals surface area contributed by atoms with Crippen LogP contribution in [0.4, 0.5) is 74.6 Å². The lowest BCUT2D eigenvalue weighted by Crippen LogP contribution is -2.68. The van der Waals surface area contributed by atoms with E-state index in [4.69, 9.17) is 0 Å². The zero-order valence-electron chi connectivity index (χ0n) is 14.6. The Hall–Kier alpha value is -2.06. The SMILES string of the molecule is C=CCNC(=O)C(F)(OC(F)(F)C(F)(OC(F)(F)C(F)(F)C(F)(F)F)C(F)(F)F)C(F)(F)F. The average Bonchev–Trinajstić information content (AvgIpc) is 2.55. The highest BCUT2D eigenvalue weighted by Crippen LogP contribution is 2.56. The van der Waals surface area contributed by atoms with Gasteiger partial charge >= 0.3 is 48.4 Å². The van der Waals surface area contributed by atoms with Gasteiger partial charge < -0.3 is 5.32 Å². The summed E-state index contributed by atoms with van der Waals surface area (Å²) in [7, 11) is 0. The molecule has 0 fully saturated rings. The van der Waals surface area contributed by atoms with Crippen LogP contribution in [0.2, 0.25) is 0 Å². The number of ether oxygens (including phenoxy) is 2. The van der Waals surface area contributed by atoms with Gasteiger partial charge in [-0.05, 0) is 0 Å². The Morgan fingerprint density at radius 2 is 1.09 bits per heavy atom. The third-order valence-corrected chi connectivity index (χ3v) is 3.06. The Kier molecular flexibility index (Phi) is 8.08. The van der Waals surface area contributed by atoms with Gasteiger partial charge in [-0.25, -0.2) is 0 Å². The van der Waals surface area contributed by atoms with E-state index >= 15 is 0 Å². The minimum absolute atomic E-state index is 0.422. The number of alkyl halides is 17. The molecular weight excluding hydrogens is 529 g/mol. The molecule has 21 heteroatoms. The predicted molar refractivity (Wildman–Crippen MR) is 66.1 cm³/mol. The molecule has 1 N–H and O–H groups in total. The van der Waals surface area contributed by atoms with Crippen molar-refractivity contribution in [2.45, 2.75) is 48.4 Å². The van der Waals surface area contributed by atoms with Crippen LogP contribution in [0, 0.1) is 0 Å². The molecule has 0 spiro atoms. The monoisotopic (exact) mass is 535 g/mol. The fourth-order valence-corrected chi connectivity index (χ4v) is 1.44. The summed E-state index contributed by atoms with van der Waals surface area (Å²) in [5.41, 5.74) is 0. The smallest absolute Gasteiger partial charge is 0.347 e. The Morgan fingerprint density at radius 3 is 1.39 bits per heavy atom. The van der Waals surface area contributed by atoms with Gasteiger partial charge in [0.2, 0.25) is 0 Å². The minimum Gasteiger partial charge on any atom is -0.347 e. The van der Waals surface area contributed by atoms with Crippen molar-refractivity contribution in [3.8, 4) is 0 Å². The van der Waals surface area contributed by atoms with Crippen LogP contribution in [0.15, 0.2) is 12.7 Å². The van der Waals surface area contributed by atoms with Crippen LogP contribution in [-0.2, 0) is 14.3 Å². The van der Waals surface area contributed by atoms with Gasteiger partial charge in [0.15, 0.2) is 0 Å². The summed E-state index contributed by atoms with van der Waals surface area (Å²) in [6.45, 7) is 1.48. The first-order chi connectivity index (χ1) is 14.1. The summed E-state index contributed by atoms with van der Waals surface area (Å²) in [6.07, 6.45) is -38.0. The number of amides is 1. The third kappa shape index (κ3) is 5.54. The van der Waals surface area contributed by atoms with Crippen molar-refractivity contribution in [1.29, 1.82) is 0 Å². The van der Waals surface area contributed by atoms with Crippen molar-refractivity contribution in [2.75, 3.05) is 6.54 Å². The quantitative estimate of drug-likeness (QED) is 0.328. The maximum absolute atomic E-state index is 13.9. The highest BCUT2D eigenvalue weighted by Gasteiger charge is 2.85. The first-order valence-electron chi connectivity index (χ1n) is 7.15. The zero-order chi connectivity index (χ0) is 27.1. The molecule has 0 aliphatic carbocycles. The molecule has 0 aromatic rings. The Bertz CT molecular complexity index is 726. The molecule has 2 atom stereocenters. The maximum atomic E-state index is 13.9. The van der Waals surface area contributed by atoms with Crippen molar-refractivity contribution in [3.05, 3.63) is 12.7 Å². The fraction of sp³-hybridized carbons (Fsp3) is 0.750. The van der Waals surface area contributed by atoms with Crippen LogP contribution in [0.25, 0.3) is 0 Å². The molecule has 33 heavy (non-hydrogen) atoms. The van der Waals surface area contributed by atoms with Gasteiger partial charge in [0.1, 0.15) is 0 Å².